The van der Waals surface area contributed by atoms with Gasteiger partial charge in [-0.05, 0) is 30.2 Å². The summed E-state index contributed by atoms with van der Waals surface area (Å²) in [5, 5.41) is 0.358. The van der Waals surface area contributed by atoms with Crippen LogP contribution in [0.1, 0.15) is 18.6 Å². The molecule has 0 saturated carbocycles. The summed E-state index contributed by atoms with van der Waals surface area (Å²) in [6.07, 6.45) is 1.58. The number of hydrogen-bond donors (Lipinski definition) is 1. The predicted octanol–water partition coefficient (Wildman–Crippen LogP) is 2.09. The predicted molar refractivity (Wildman–Crippen MR) is 54.2 cm³/mol. The quantitative estimate of drug-likeness (QED) is 0.818. The van der Waals surface area contributed by atoms with Crippen LogP contribution < -0.4 is 5.90 Å². The van der Waals surface area contributed by atoms with E-state index in [1.54, 1.807) is 12.1 Å². The van der Waals surface area contributed by atoms with E-state index in [1.807, 2.05) is 0 Å². The highest BCUT2D eigenvalue weighted by Crippen LogP contribution is 2.14. The van der Waals surface area contributed by atoms with Crippen molar-refractivity contribution in [2.45, 2.75) is 19.3 Å². The normalized spacial score (nSPS) is 9.29. The molecule has 6 heteroatoms. The molecule has 80 valence electrons. The molecule has 1 rings (SSSR count). The van der Waals surface area contributed by atoms with Crippen molar-refractivity contribution in [1.29, 1.82) is 0 Å². The van der Waals surface area contributed by atoms with Gasteiger partial charge in [-0.25, -0.2) is 0 Å². The van der Waals surface area contributed by atoms with Crippen LogP contribution in [-0.2, 0) is 16.1 Å². The lowest BCUT2D eigenvalue weighted by Crippen LogP contribution is -2.09. The van der Waals surface area contributed by atoms with E-state index in [0.29, 0.717) is 18.1 Å². The lowest BCUT2D eigenvalue weighted by molar-refractivity contribution is -0.144. The molecule has 0 aliphatic carbocycles. The Hall–Kier alpha value is -0.710. The molecule has 0 amide bonds. The third kappa shape index (κ3) is 4.50. The Morgan fingerprint density at radius 2 is 2.29 bits per heavy atom. The molecule has 0 atom stereocenters. The Bertz CT molecular complexity index is 288. The van der Waals surface area contributed by atoms with E-state index >= 15 is 0 Å². The Balaban J connectivity index is 0.00000169. The van der Waals surface area contributed by atoms with Crippen LogP contribution in [0.4, 0.5) is 0 Å². The van der Waals surface area contributed by atoms with E-state index in [1.165, 1.54) is 0 Å². The fourth-order valence-electron chi connectivity index (χ4n) is 0.952. The zero-order valence-corrected chi connectivity index (χ0v) is 8.94. The third-order valence-electron chi connectivity index (χ3n) is 1.56. The second kappa shape index (κ2) is 6.70. The topological polar surface area (TPSA) is 65.5 Å². The largest absolute Gasteiger partial charge is 0.450 e. The summed E-state index contributed by atoms with van der Waals surface area (Å²) < 4.78 is 5.08. The maximum Gasteiger partial charge on any atom is 0.324 e. The first-order chi connectivity index (χ1) is 6.22. The van der Waals surface area contributed by atoms with Gasteiger partial charge < -0.3 is 9.25 Å². The first-order valence-corrected chi connectivity index (χ1v) is 4.24. The molecule has 4 nitrogen and oxygen atoms in total. The molecule has 0 bridgehead atoms. The number of carbonyl (C=O) groups excluding carboxylic acids is 1. The Morgan fingerprint density at radius 1 is 1.57 bits per heavy atom. The molecular weight excluding hydrogens is 229 g/mol. The van der Waals surface area contributed by atoms with Gasteiger partial charge in [0.15, 0.2) is 5.22 Å². The van der Waals surface area contributed by atoms with Crippen molar-refractivity contribution in [1.82, 2.24) is 0 Å². The Labute approximate surface area is 92.7 Å². The number of halogens is 2. The maximum absolute atomic E-state index is 10.6. The van der Waals surface area contributed by atoms with Gasteiger partial charge in [-0.3, -0.25) is 4.79 Å². The van der Waals surface area contributed by atoms with E-state index in [2.05, 4.69) is 10.7 Å². The highest BCUT2D eigenvalue weighted by atomic mass is 35.5. The highest BCUT2D eigenvalue weighted by Gasteiger charge is 2.03. The highest BCUT2D eigenvalue weighted by molar-refractivity contribution is 6.28. The zero-order chi connectivity index (χ0) is 9.68. The Morgan fingerprint density at radius 3 is 2.79 bits per heavy atom. The minimum Gasteiger partial charge on any atom is -0.450 e. The van der Waals surface area contributed by atoms with Crippen LogP contribution in [0.25, 0.3) is 0 Å². The van der Waals surface area contributed by atoms with Gasteiger partial charge in [0.25, 0.3) is 0 Å². The van der Waals surface area contributed by atoms with Crippen LogP contribution in [0, 0.1) is 0 Å². The van der Waals surface area contributed by atoms with Crippen LogP contribution in [0.15, 0.2) is 16.5 Å². The van der Waals surface area contributed by atoms with Crippen LogP contribution in [0.2, 0.25) is 5.22 Å². The van der Waals surface area contributed by atoms with Crippen molar-refractivity contribution in [3.05, 3.63) is 23.1 Å². The molecule has 0 unspecified atom stereocenters. The molecule has 1 aromatic rings. The van der Waals surface area contributed by atoms with Crippen molar-refractivity contribution in [2.75, 3.05) is 0 Å². The summed E-state index contributed by atoms with van der Waals surface area (Å²) in [5.41, 5.74) is 0. The molecule has 1 heterocycles. The van der Waals surface area contributed by atoms with E-state index in [9.17, 15) is 4.79 Å². The van der Waals surface area contributed by atoms with Crippen LogP contribution in [0.5, 0.6) is 0 Å². The maximum atomic E-state index is 10.6. The lowest BCUT2D eigenvalue weighted by atomic mass is 10.2. The van der Waals surface area contributed by atoms with E-state index in [-0.39, 0.29) is 18.8 Å². The van der Waals surface area contributed by atoms with Crippen molar-refractivity contribution in [3.63, 3.8) is 0 Å². The summed E-state index contributed by atoms with van der Waals surface area (Å²) in [5.74, 6) is 5.00. The molecule has 14 heavy (non-hydrogen) atoms. The minimum atomic E-state index is -0.419. The number of nitrogens with two attached hydrogens (primary N) is 1. The first-order valence-electron chi connectivity index (χ1n) is 3.86. The lowest BCUT2D eigenvalue weighted by Gasteiger charge is -1.96. The fraction of sp³-hybridized carbons (Fsp3) is 0.375. The second-order valence-corrected chi connectivity index (χ2v) is 2.92. The molecule has 2 N–H and O–H groups in total. The van der Waals surface area contributed by atoms with E-state index < -0.39 is 5.97 Å². The van der Waals surface area contributed by atoms with Gasteiger partial charge in [-0.1, -0.05) is 0 Å². The average molecular weight is 240 g/mol. The SMILES string of the molecule is Cl.NOC(=O)CCCc1ccc(Cl)o1. The third-order valence-corrected chi connectivity index (χ3v) is 1.77. The van der Waals surface area contributed by atoms with Gasteiger partial charge in [0.05, 0.1) is 0 Å². The van der Waals surface area contributed by atoms with Crippen molar-refractivity contribution in [3.8, 4) is 0 Å². The molecule has 0 radical (unpaired) electrons. The van der Waals surface area contributed by atoms with Gasteiger partial charge >= 0.3 is 5.97 Å². The molecular formula is C8H11Cl2NO3. The summed E-state index contributed by atoms with van der Waals surface area (Å²) >= 11 is 5.55. The summed E-state index contributed by atoms with van der Waals surface area (Å²) in [6, 6.07) is 3.44. The minimum absolute atomic E-state index is 0. The summed E-state index contributed by atoms with van der Waals surface area (Å²) in [7, 11) is 0. The monoisotopic (exact) mass is 239 g/mol. The molecule has 0 fully saturated rings. The second-order valence-electron chi connectivity index (χ2n) is 2.55. The molecule has 0 aliphatic rings. The first kappa shape index (κ1) is 13.3. The van der Waals surface area contributed by atoms with Gasteiger partial charge in [0.1, 0.15) is 5.76 Å². The fourth-order valence-corrected chi connectivity index (χ4v) is 1.11. The number of carbonyl (C=O) groups is 1. The molecule has 0 saturated heterocycles. The number of hydrogen-bond acceptors (Lipinski definition) is 4. The standard InChI is InChI=1S/C8H10ClNO3.ClH/c9-7-5-4-6(12-7)2-1-3-8(11)13-10;/h4-5H,1-3,10H2;1H. The van der Waals surface area contributed by atoms with Crippen molar-refractivity contribution >= 4 is 30.0 Å². The van der Waals surface area contributed by atoms with Gasteiger partial charge in [-0.2, -0.15) is 5.90 Å². The molecule has 0 aromatic carbocycles. The number of aryl methyl sites for hydroxylation is 1. The summed E-state index contributed by atoms with van der Waals surface area (Å²) in [6.45, 7) is 0. The smallest absolute Gasteiger partial charge is 0.324 e. The van der Waals surface area contributed by atoms with Crippen molar-refractivity contribution in [2.24, 2.45) is 5.90 Å². The molecule has 0 spiro atoms. The number of furan rings is 1. The van der Waals surface area contributed by atoms with Crippen LogP contribution in [0.3, 0.4) is 0 Å². The van der Waals surface area contributed by atoms with Gasteiger partial charge in [-0.15, -0.1) is 12.4 Å². The zero-order valence-electron chi connectivity index (χ0n) is 7.36. The summed E-state index contributed by atoms with van der Waals surface area (Å²) in [4.78, 5) is 14.6. The van der Waals surface area contributed by atoms with Gasteiger partial charge in [0, 0.05) is 12.8 Å². The Kier molecular flexibility index (Phi) is 6.36. The number of rotatable bonds is 4. The van der Waals surface area contributed by atoms with E-state index in [4.69, 9.17) is 16.0 Å². The van der Waals surface area contributed by atoms with Crippen LogP contribution >= 0.6 is 24.0 Å². The molecule has 0 aliphatic heterocycles. The van der Waals surface area contributed by atoms with Crippen molar-refractivity contribution < 1.29 is 14.0 Å². The van der Waals surface area contributed by atoms with E-state index in [0.717, 1.165) is 5.76 Å². The average Bonchev–Trinajstić information content (AvgIpc) is 2.51. The van der Waals surface area contributed by atoms with Crippen LogP contribution in [-0.4, -0.2) is 5.97 Å². The molecule has 1 aromatic heterocycles. The van der Waals surface area contributed by atoms with Gasteiger partial charge in [0.2, 0.25) is 0 Å².